The molecule has 0 aliphatic rings. The molecule has 0 aromatic heterocycles. The van der Waals surface area contributed by atoms with Crippen LogP contribution in [0.4, 0.5) is 10.5 Å². The van der Waals surface area contributed by atoms with Crippen LogP contribution in [0.3, 0.4) is 0 Å². The van der Waals surface area contributed by atoms with E-state index in [1.807, 2.05) is 18.2 Å². The van der Waals surface area contributed by atoms with Gasteiger partial charge in [-0.3, -0.25) is 0 Å². The van der Waals surface area contributed by atoms with E-state index in [1.165, 1.54) is 0 Å². The van der Waals surface area contributed by atoms with Gasteiger partial charge in [0.05, 0.1) is 0 Å². The van der Waals surface area contributed by atoms with Crippen molar-refractivity contribution in [3.63, 3.8) is 0 Å². The molecule has 1 rings (SSSR count). The molecule has 4 heteroatoms. The van der Waals surface area contributed by atoms with E-state index < -0.39 is 6.03 Å². The highest BCUT2D eigenvalue weighted by Gasteiger charge is 1.90. The van der Waals surface area contributed by atoms with E-state index in [-0.39, 0.29) is 13.5 Å². The van der Waals surface area contributed by atoms with Gasteiger partial charge in [0.15, 0.2) is 0 Å². The molecule has 0 bridgehead atoms. The zero-order chi connectivity index (χ0) is 7.40. The highest BCUT2D eigenvalue weighted by Crippen LogP contribution is 2.03. The van der Waals surface area contributed by atoms with Crippen LogP contribution in [0.5, 0.6) is 0 Å². The molecule has 3 N–H and O–H groups in total. The standard InChI is InChI=1S/C7H8N2O.H2S/c8-7(10)9-6-4-2-1-3-5-6;/h1-5H,(H3,8,9,10);1H2. The van der Waals surface area contributed by atoms with Gasteiger partial charge in [0.2, 0.25) is 0 Å². The summed E-state index contributed by atoms with van der Waals surface area (Å²) in [6, 6.07) is 8.52. The summed E-state index contributed by atoms with van der Waals surface area (Å²) in [5, 5.41) is 2.44. The SMILES string of the molecule is NC(=O)Nc1ccccc1.S. The third-order valence-electron chi connectivity index (χ3n) is 1.04. The van der Waals surface area contributed by atoms with Gasteiger partial charge in [-0.25, -0.2) is 4.79 Å². The number of benzene rings is 1. The molecule has 0 heterocycles. The van der Waals surface area contributed by atoms with Crippen molar-refractivity contribution in [3.8, 4) is 0 Å². The minimum absolute atomic E-state index is 0. The molecule has 0 unspecified atom stereocenters. The number of hydrogen-bond acceptors (Lipinski definition) is 1. The van der Waals surface area contributed by atoms with E-state index in [4.69, 9.17) is 5.73 Å². The van der Waals surface area contributed by atoms with Gasteiger partial charge in [-0.05, 0) is 12.1 Å². The van der Waals surface area contributed by atoms with Crippen LogP contribution in [0.15, 0.2) is 30.3 Å². The Labute approximate surface area is 72.0 Å². The first kappa shape index (κ1) is 9.84. The van der Waals surface area contributed by atoms with Crippen molar-refractivity contribution in [1.82, 2.24) is 0 Å². The van der Waals surface area contributed by atoms with Crippen molar-refractivity contribution in [3.05, 3.63) is 30.3 Å². The normalized spacial score (nSPS) is 8.00. The summed E-state index contributed by atoms with van der Waals surface area (Å²) >= 11 is 0. The maximum atomic E-state index is 10.3. The van der Waals surface area contributed by atoms with Crippen LogP contribution < -0.4 is 11.1 Å². The molecule has 1 aromatic carbocycles. The fourth-order valence-corrected chi connectivity index (χ4v) is 0.664. The molecule has 0 spiro atoms. The zero-order valence-corrected chi connectivity index (χ0v) is 6.87. The molecule has 0 aliphatic carbocycles. The number of carbonyl (C=O) groups excluding carboxylic acids is 1. The summed E-state index contributed by atoms with van der Waals surface area (Å²) < 4.78 is 0. The molecule has 2 amide bonds. The van der Waals surface area contributed by atoms with Crippen molar-refractivity contribution in [1.29, 1.82) is 0 Å². The molecule has 3 nitrogen and oxygen atoms in total. The number of hydrogen-bond donors (Lipinski definition) is 2. The third-order valence-corrected chi connectivity index (χ3v) is 1.04. The quantitative estimate of drug-likeness (QED) is 0.655. The molecule has 0 saturated heterocycles. The second-order valence-electron chi connectivity index (χ2n) is 1.86. The maximum Gasteiger partial charge on any atom is 0.316 e. The first-order chi connectivity index (χ1) is 4.79. The molecule has 0 fully saturated rings. The van der Waals surface area contributed by atoms with Gasteiger partial charge in [-0.15, -0.1) is 0 Å². The van der Waals surface area contributed by atoms with Crippen molar-refractivity contribution >= 4 is 25.2 Å². The lowest BCUT2D eigenvalue weighted by atomic mass is 10.3. The first-order valence-electron chi connectivity index (χ1n) is 2.90. The van der Waals surface area contributed by atoms with Gasteiger partial charge in [0, 0.05) is 5.69 Å². The smallest absolute Gasteiger partial charge is 0.316 e. The molecular formula is C7H10N2OS. The maximum absolute atomic E-state index is 10.3. The summed E-state index contributed by atoms with van der Waals surface area (Å²) in [5.41, 5.74) is 5.59. The van der Waals surface area contributed by atoms with Crippen LogP contribution in [0.1, 0.15) is 0 Å². The number of nitrogens with one attached hydrogen (secondary N) is 1. The fraction of sp³-hybridized carbons (Fsp3) is 0. The van der Waals surface area contributed by atoms with Gasteiger partial charge < -0.3 is 11.1 Å². The Morgan fingerprint density at radius 1 is 1.27 bits per heavy atom. The molecule has 0 radical (unpaired) electrons. The molecule has 60 valence electrons. The van der Waals surface area contributed by atoms with Gasteiger partial charge >= 0.3 is 6.03 Å². The highest BCUT2D eigenvalue weighted by atomic mass is 32.1. The number of primary amides is 1. The predicted molar refractivity (Wildman–Crippen MR) is 50.0 cm³/mol. The summed E-state index contributed by atoms with van der Waals surface area (Å²) in [5.74, 6) is 0. The lowest BCUT2D eigenvalue weighted by Crippen LogP contribution is -2.18. The number of anilines is 1. The average molecular weight is 170 g/mol. The van der Waals surface area contributed by atoms with Gasteiger partial charge in [-0.1, -0.05) is 18.2 Å². The van der Waals surface area contributed by atoms with Crippen LogP contribution in [0.25, 0.3) is 0 Å². The lowest BCUT2D eigenvalue weighted by molar-refractivity contribution is 0.259. The summed E-state index contributed by atoms with van der Waals surface area (Å²) in [4.78, 5) is 10.3. The van der Waals surface area contributed by atoms with Crippen LogP contribution in [-0.2, 0) is 0 Å². The van der Waals surface area contributed by atoms with Gasteiger partial charge in [0.25, 0.3) is 0 Å². The Balaban J connectivity index is 0.000001000. The summed E-state index contributed by atoms with van der Waals surface area (Å²) in [7, 11) is 0. The van der Waals surface area contributed by atoms with Crippen molar-refractivity contribution < 1.29 is 4.79 Å². The number of urea groups is 1. The lowest BCUT2D eigenvalue weighted by Gasteiger charge is -1.97. The van der Waals surface area contributed by atoms with E-state index in [0.29, 0.717) is 0 Å². The van der Waals surface area contributed by atoms with Gasteiger partial charge in [-0.2, -0.15) is 13.5 Å². The molecule has 0 atom stereocenters. The minimum Gasteiger partial charge on any atom is -0.351 e. The second kappa shape index (κ2) is 4.62. The van der Waals surface area contributed by atoms with Crippen LogP contribution in [-0.4, -0.2) is 6.03 Å². The summed E-state index contributed by atoms with van der Waals surface area (Å²) in [6.45, 7) is 0. The van der Waals surface area contributed by atoms with E-state index >= 15 is 0 Å². The van der Waals surface area contributed by atoms with Crippen LogP contribution >= 0.6 is 13.5 Å². The second-order valence-corrected chi connectivity index (χ2v) is 1.86. The van der Waals surface area contributed by atoms with E-state index in [1.54, 1.807) is 12.1 Å². The average Bonchev–Trinajstić information content (AvgIpc) is 1.88. The molecule has 0 aliphatic heterocycles. The minimum atomic E-state index is -0.536. The Kier molecular flexibility index (Phi) is 4.14. The van der Waals surface area contributed by atoms with Crippen LogP contribution in [0, 0.1) is 0 Å². The molecule has 0 saturated carbocycles. The highest BCUT2D eigenvalue weighted by molar-refractivity contribution is 7.59. The Hall–Kier alpha value is -1.16. The number of nitrogens with two attached hydrogens (primary N) is 1. The summed E-state index contributed by atoms with van der Waals surface area (Å²) in [6.07, 6.45) is 0. The first-order valence-corrected chi connectivity index (χ1v) is 2.90. The third kappa shape index (κ3) is 3.52. The Bertz CT molecular complexity index is 225. The van der Waals surface area contributed by atoms with Gasteiger partial charge in [0.1, 0.15) is 0 Å². The van der Waals surface area contributed by atoms with Crippen molar-refractivity contribution in [2.75, 3.05) is 5.32 Å². The number of para-hydroxylation sites is 1. The molecular weight excluding hydrogens is 160 g/mol. The van der Waals surface area contributed by atoms with Crippen LogP contribution in [0.2, 0.25) is 0 Å². The zero-order valence-electron chi connectivity index (χ0n) is 5.87. The Morgan fingerprint density at radius 3 is 2.27 bits per heavy atom. The topological polar surface area (TPSA) is 55.1 Å². The van der Waals surface area contributed by atoms with E-state index in [2.05, 4.69) is 5.32 Å². The molecule has 1 aromatic rings. The Morgan fingerprint density at radius 2 is 1.82 bits per heavy atom. The van der Waals surface area contributed by atoms with E-state index in [9.17, 15) is 4.79 Å². The largest absolute Gasteiger partial charge is 0.351 e. The number of rotatable bonds is 1. The van der Waals surface area contributed by atoms with E-state index in [0.717, 1.165) is 5.69 Å². The number of amides is 2. The fourth-order valence-electron chi connectivity index (χ4n) is 0.664. The molecule has 11 heavy (non-hydrogen) atoms. The monoisotopic (exact) mass is 170 g/mol. The van der Waals surface area contributed by atoms with Crippen molar-refractivity contribution in [2.45, 2.75) is 0 Å². The number of carbonyl (C=O) groups is 1. The predicted octanol–water partition coefficient (Wildman–Crippen LogP) is 1.29. The van der Waals surface area contributed by atoms with Crippen molar-refractivity contribution in [2.24, 2.45) is 5.73 Å².